The molecule has 0 aliphatic heterocycles. The topological polar surface area (TPSA) is 68.3 Å². The molecule has 0 amide bonds. The Labute approximate surface area is 143 Å². The zero-order valence-corrected chi connectivity index (χ0v) is 15.2. The maximum Gasteiger partial charge on any atom is 0 e. The van der Waals surface area contributed by atoms with Crippen molar-refractivity contribution in [1.29, 1.82) is 0 Å². The summed E-state index contributed by atoms with van der Waals surface area (Å²) >= 11 is 0. The smallest absolute Gasteiger partial charge is 0 e. The average Bonchev–Trinajstić information content (AvgIpc) is 2.40. The number of hydrogen-bond acceptors (Lipinski definition) is 6. The summed E-state index contributed by atoms with van der Waals surface area (Å²) in [5.41, 5.74) is 2.13. The Morgan fingerprint density at radius 2 is 0.810 bits per heavy atom. The molecule has 0 fully saturated rings. The van der Waals surface area contributed by atoms with E-state index in [1.165, 1.54) is 0 Å². The van der Waals surface area contributed by atoms with Crippen molar-refractivity contribution in [2.24, 2.45) is 0 Å². The molecule has 0 bridgehead atoms. The van der Waals surface area contributed by atoms with Crippen LogP contribution in [0.25, 0.3) is 0 Å². The first-order valence-electron chi connectivity index (χ1n) is 5.72. The van der Waals surface area contributed by atoms with Crippen molar-refractivity contribution in [3.8, 4) is 0 Å². The Morgan fingerprint density at radius 3 is 1.00 bits per heavy atom. The first-order valence-corrected chi connectivity index (χ1v) is 7.87. The van der Waals surface area contributed by atoms with Gasteiger partial charge in [0.25, 0.3) is 0 Å². The molecule has 119 valence electrons. The summed E-state index contributed by atoms with van der Waals surface area (Å²) in [5, 5.41) is 0. The third-order valence-corrected chi connectivity index (χ3v) is 3.74. The van der Waals surface area contributed by atoms with E-state index in [2.05, 4.69) is 0 Å². The second-order valence-electron chi connectivity index (χ2n) is 4.10. The van der Waals surface area contributed by atoms with Gasteiger partial charge in [-0.05, 0) is 35.3 Å². The normalized spacial score (nSPS) is 9.71. The minimum Gasteiger partial charge on any atom is -0.420 e. The maximum absolute atomic E-state index is 10.3. The third-order valence-electron chi connectivity index (χ3n) is 2.43. The molecule has 0 spiro atoms. The van der Waals surface area contributed by atoms with Crippen LogP contribution in [0.2, 0.25) is 0 Å². The van der Waals surface area contributed by atoms with Crippen molar-refractivity contribution in [2.45, 2.75) is 23.6 Å². The predicted molar refractivity (Wildman–Crippen MR) is 76.4 cm³/mol. The van der Waals surface area contributed by atoms with Gasteiger partial charge in [0.05, 0.1) is 0 Å². The Morgan fingerprint density at radius 1 is 0.571 bits per heavy atom. The van der Waals surface area contributed by atoms with Crippen molar-refractivity contribution >= 4 is 21.4 Å². The molecule has 0 heterocycles. The van der Waals surface area contributed by atoms with Crippen molar-refractivity contribution in [2.75, 3.05) is 0 Å². The molecular formula is C14H14AuO4S2-2. The fourth-order valence-electron chi connectivity index (χ4n) is 1.30. The second kappa shape index (κ2) is 9.92. The van der Waals surface area contributed by atoms with Crippen LogP contribution in [0.5, 0.6) is 0 Å². The maximum atomic E-state index is 10.3. The summed E-state index contributed by atoms with van der Waals surface area (Å²) in [6.45, 7) is 3.83. The molecule has 0 saturated heterocycles. The van der Waals surface area contributed by atoms with E-state index in [-0.39, 0.29) is 22.4 Å². The molecule has 21 heavy (non-hydrogen) atoms. The molecule has 2 aromatic rings. The first-order chi connectivity index (χ1) is 9.40. The van der Waals surface area contributed by atoms with Crippen molar-refractivity contribution in [3.05, 3.63) is 59.7 Å². The van der Waals surface area contributed by atoms with E-state index in [9.17, 15) is 16.8 Å². The van der Waals surface area contributed by atoms with Gasteiger partial charge in [-0.1, -0.05) is 69.4 Å². The zero-order valence-electron chi connectivity index (χ0n) is 11.4. The van der Waals surface area contributed by atoms with Gasteiger partial charge in [-0.3, -0.25) is 0 Å². The molecule has 0 N–H and O–H groups in total. The van der Waals surface area contributed by atoms with Crippen LogP contribution >= 0.6 is 0 Å². The molecule has 0 aliphatic rings. The van der Waals surface area contributed by atoms with Gasteiger partial charge in [0, 0.05) is 22.4 Å². The molecule has 0 saturated carbocycles. The van der Waals surface area contributed by atoms with Gasteiger partial charge in [-0.25, -0.2) is 0 Å². The van der Waals surface area contributed by atoms with Crippen LogP contribution in [0.1, 0.15) is 11.1 Å². The largest absolute Gasteiger partial charge is 0.420 e. The number of hydrogen-bond donors (Lipinski definition) is 0. The Kier molecular flexibility index (Phi) is 9.48. The van der Waals surface area contributed by atoms with Crippen LogP contribution in [0.15, 0.2) is 58.3 Å². The van der Waals surface area contributed by atoms with E-state index >= 15 is 0 Å². The van der Waals surface area contributed by atoms with Gasteiger partial charge in [-0.2, -0.15) is 0 Å². The SMILES string of the molecule is Cc1ccc([S-](=O)=O)cc1.Cc1ccc([S-](=O)=O)cc1.[Au]. The summed E-state index contributed by atoms with van der Waals surface area (Å²) in [5.74, 6) is 0. The fourth-order valence-corrected chi connectivity index (χ4v) is 2.02. The monoisotopic (exact) mass is 507 g/mol. The van der Waals surface area contributed by atoms with Gasteiger partial charge in [-0.15, -0.1) is 0 Å². The molecule has 2 aromatic carbocycles. The van der Waals surface area contributed by atoms with E-state index in [1.54, 1.807) is 48.5 Å². The molecule has 0 aromatic heterocycles. The van der Waals surface area contributed by atoms with Crippen molar-refractivity contribution in [3.63, 3.8) is 0 Å². The van der Waals surface area contributed by atoms with Crippen LogP contribution in [0.4, 0.5) is 0 Å². The van der Waals surface area contributed by atoms with Gasteiger partial charge < -0.3 is 16.8 Å². The molecular weight excluding hydrogens is 493 g/mol. The van der Waals surface area contributed by atoms with Crippen LogP contribution in [0.3, 0.4) is 0 Å². The molecule has 7 heteroatoms. The Bertz CT molecular complexity index is 623. The average molecular weight is 507 g/mol. The standard InChI is InChI=1S/2C7H7O2S.Au/c2*1-6-2-4-7(5-3-6)10(8)9;/h2*2-5H,1H3;/q2*-1;. The van der Waals surface area contributed by atoms with Gasteiger partial charge in [0.2, 0.25) is 0 Å². The molecule has 2 rings (SSSR count). The van der Waals surface area contributed by atoms with E-state index in [0.717, 1.165) is 11.1 Å². The molecule has 4 nitrogen and oxygen atoms in total. The summed E-state index contributed by atoms with van der Waals surface area (Å²) in [6, 6.07) is 13.4. The van der Waals surface area contributed by atoms with Gasteiger partial charge >= 0.3 is 0 Å². The second-order valence-corrected chi connectivity index (χ2v) is 5.98. The van der Waals surface area contributed by atoms with E-state index in [4.69, 9.17) is 0 Å². The summed E-state index contributed by atoms with van der Waals surface area (Å²) in [6.07, 6.45) is 0. The van der Waals surface area contributed by atoms with Crippen molar-refractivity contribution in [1.82, 2.24) is 0 Å². The summed E-state index contributed by atoms with van der Waals surface area (Å²) in [7, 11) is -4.17. The Balaban J connectivity index is 0.000000364. The predicted octanol–water partition coefficient (Wildman–Crippen LogP) is 3.32. The van der Waals surface area contributed by atoms with E-state index < -0.39 is 21.4 Å². The third kappa shape index (κ3) is 7.59. The van der Waals surface area contributed by atoms with E-state index in [1.807, 2.05) is 13.8 Å². The number of benzene rings is 2. The van der Waals surface area contributed by atoms with Gasteiger partial charge in [0.1, 0.15) is 0 Å². The molecule has 0 aliphatic carbocycles. The molecule has 0 unspecified atom stereocenters. The quantitative estimate of drug-likeness (QED) is 0.462. The fraction of sp³-hybridized carbons (Fsp3) is 0.143. The molecule has 1 radical (unpaired) electrons. The van der Waals surface area contributed by atoms with E-state index in [0.29, 0.717) is 9.79 Å². The van der Waals surface area contributed by atoms with Crippen LogP contribution in [0, 0.1) is 13.8 Å². The molecule has 0 atom stereocenters. The zero-order chi connectivity index (χ0) is 15.1. The van der Waals surface area contributed by atoms with Crippen LogP contribution in [-0.4, -0.2) is 0 Å². The summed E-state index contributed by atoms with van der Waals surface area (Å²) < 4.78 is 41.2. The number of aryl methyl sites for hydroxylation is 2. The Hall–Kier alpha value is -0.920. The first kappa shape index (κ1) is 20.1. The minimum absolute atomic E-state index is 0. The van der Waals surface area contributed by atoms with Crippen LogP contribution in [-0.2, 0) is 60.6 Å². The number of rotatable bonds is 2. The van der Waals surface area contributed by atoms with Crippen LogP contribution < -0.4 is 0 Å². The van der Waals surface area contributed by atoms with Crippen molar-refractivity contribution < 1.29 is 39.2 Å². The summed E-state index contributed by atoms with van der Waals surface area (Å²) in [4.78, 5) is 0.677. The minimum atomic E-state index is -2.09. The van der Waals surface area contributed by atoms with Gasteiger partial charge in [0.15, 0.2) is 0 Å².